The van der Waals surface area contributed by atoms with E-state index < -0.39 is 40.9 Å². The molecule has 1 aliphatic rings. The molecule has 8 heteroatoms. The van der Waals surface area contributed by atoms with Gasteiger partial charge in [-0.3, -0.25) is 19.2 Å². The Kier molecular flexibility index (Phi) is 5.90. The number of carbonyl (C=O) groups excluding carboxylic acids is 1. The number of hydrogen-bond acceptors (Lipinski definition) is 4. The van der Waals surface area contributed by atoms with Crippen LogP contribution < -0.4 is 0 Å². The zero-order valence-corrected chi connectivity index (χ0v) is 11.7. The van der Waals surface area contributed by atoms with Crippen molar-refractivity contribution in [2.24, 2.45) is 17.8 Å². The first kappa shape index (κ1) is 17.2. The van der Waals surface area contributed by atoms with E-state index in [4.69, 9.17) is 26.9 Å². The van der Waals surface area contributed by atoms with Crippen molar-refractivity contribution in [3.63, 3.8) is 0 Å². The van der Waals surface area contributed by atoms with Gasteiger partial charge in [0.2, 0.25) is 5.24 Å². The van der Waals surface area contributed by atoms with E-state index in [1.807, 2.05) is 0 Å². The molecule has 0 aromatic carbocycles. The molecule has 0 heterocycles. The second kappa shape index (κ2) is 7.21. The lowest BCUT2D eigenvalue weighted by atomic mass is 9.69. The minimum Gasteiger partial charge on any atom is -0.481 e. The molecule has 7 nitrogen and oxygen atoms in total. The van der Waals surface area contributed by atoms with Crippen molar-refractivity contribution >= 4 is 34.8 Å². The van der Waals surface area contributed by atoms with Crippen LogP contribution in [0, 0.1) is 17.8 Å². The van der Waals surface area contributed by atoms with Gasteiger partial charge in [0.15, 0.2) is 0 Å². The summed E-state index contributed by atoms with van der Waals surface area (Å²) in [5, 5.41) is 26.0. The van der Waals surface area contributed by atoms with Gasteiger partial charge in [-0.15, -0.1) is 0 Å². The highest BCUT2D eigenvalue weighted by Gasteiger charge is 2.37. The zero-order chi connectivity index (χ0) is 16.2. The fourth-order valence-corrected chi connectivity index (χ4v) is 2.90. The summed E-state index contributed by atoms with van der Waals surface area (Å²) in [6, 6.07) is 0. The standard InChI is InChI=1S/C13H15ClO7/c14-13(21)8-1-6(3-10(15)16)9(5-12(19)20)7(2-8)4-11(17)18/h1,6-7,9H,2-5H2,(H,15,16)(H,17,18)(H,19,20)/t6-,7-,9-/m1/s1. The Morgan fingerprint density at radius 2 is 1.52 bits per heavy atom. The number of carbonyl (C=O) groups is 4. The van der Waals surface area contributed by atoms with Crippen molar-refractivity contribution in [2.45, 2.75) is 25.7 Å². The van der Waals surface area contributed by atoms with E-state index in [0.29, 0.717) is 0 Å². The molecule has 3 atom stereocenters. The fraction of sp³-hybridized carbons (Fsp3) is 0.538. The van der Waals surface area contributed by atoms with Crippen molar-refractivity contribution in [2.75, 3.05) is 0 Å². The van der Waals surface area contributed by atoms with Crippen LogP contribution in [0.2, 0.25) is 0 Å². The van der Waals surface area contributed by atoms with Gasteiger partial charge in [-0.05, 0) is 35.8 Å². The topological polar surface area (TPSA) is 129 Å². The summed E-state index contributed by atoms with van der Waals surface area (Å²) >= 11 is 5.40. The maximum atomic E-state index is 11.3. The van der Waals surface area contributed by atoms with Crippen LogP contribution in [0.5, 0.6) is 0 Å². The number of allylic oxidation sites excluding steroid dienone is 2. The molecule has 21 heavy (non-hydrogen) atoms. The van der Waals surface area contributed by atoms with Crippen LogP contribution in [-0.4, -0.2) is 38.5 Å². The third-order valence-corrected chi connectivity index (χ3v) is 3.81. The van der Waals surface area contributed by atoms with Crippen LogP contribution in [0.4, 0.5) is 0 Å². The molecule has 0 saturated carbocycles. The first-order chi connectivity index (χ1) is 9.70. The molecule has 0 spiro atoms. The largest absolute Gasteiger partial charge is 0.481 e. The lowest BCUT2D eigenvalue weighted by Gasteiger charge is -2.34. The second-order valence-electron chi connectivity index (χ2n) is 5.05. The van der Waals surface area contributed by atoms with E-state index >= 15 is 0 Å². The summed E-state index contributed by atoms with van der Waals surface area (Å²) in [4.78, 5) is 44.0. The normalized spacial score (nSPS) is 25.0. The van der Waals surface area contributed by atoms with Crippen molar-refractivity contribution in [1.29, 1.82) is 0 Å². The van der Waals surface area contributed by atoms with Gasteiger partial charge >= 0.3 is 17.9 Å². The van der Waals surface area contributed by atoms with Gasteiger partial charge in [0, 0.05) is 18.4 Å². The fourth-order valence-electron chi connectivity index (χ4n) is 2.76. The molecule has 0 bridgehead atoms. The van der Waals surface area contributed by atoms with Crippen LogP contribution in [0.15, 0.2) is 11.6 Å². The van der Waals surface area contributed by atoms with Gasteiger partial charge in [0.05, 0.1) is 6.42 Å². The summed E-state index contributed by atoms with van der Waals surface area (Å²) in [7, 11) is 0. The SMILES string of the molecule is O=C(O)C[C@H]1CC(C(=O)Cl)=C[C@H](CC(=O)O)[C@H]1CC(=O)O. The number of halogens is 1. The number of hydrogen-bond donors (Lipinski definition) is 3. The van der Waals surface area contributed by atoms with Crippen molar-refractivity contribution in [3.8, 4) is 0 Å². The Morgan fingerprint density at radius 3 is 1.95 bits per heavy atom. The molecule has 3 N–H and O–H groups in total. The Bertz CT molecular complexity index is 497. The average molecular weight is 319 g/mol. The van der Waals surface area contributed by atoms with Gasteiger partial charge in [-0.25, -0.2) is 0 Å². The van der Waals surface area contributed by atoms with E-state index in [0.717, 1.165) is 0 Å². The van der Waals surface area contributed by atoms with Gasteiger partial charge in [-0.1, -0.05) is 6.08 Å². The molecule has 0 radical (unpaired) electrons. The van der Waals surface area contributed by atoms with Gasteiger partial charge in [0.25, 0.3) is 0 Å². The lowest BCUT2D eigenvalue weighted by molar-refractivity contribution is -0.144. The van der Waals surface area contributed by atoms with E-state index in [9.17, 15) is 19.2 Å². The van der Waals surface area contributed by atoms with Crippen molar-refractivity contribution < 1.29 is 34.5 Å². The third kappa shape index (κ3) is 5.18. The van der Waals surface area contributed by atoms with E-state index in [1.165, 1.54) is 6.08 Å². The molecule has 1 rings (SSSR count). The van der Waals surface area contributed by atoms with Gasteiger partial charge in [0.1, 0.15) is 0 Å². The van der Waals surface area contributed by atoms with Crippen molar-refractivity contribution in [1.82, 2.24) is 0 Å². The molecular formula is C13H15ClO7. The number of carboxylic acid groups (broad SMARTS) is 3. The molecule has 0 unspecified atom stereocenters. The van der Waals surface area contributed by atoms with Gasteiger partial charge in [-0.2, -0.15) is 0 Å². The molecule has 0 aromatic rings. The lowest BCUT2D eigenvalue weighted by Crippen LogP contribution is -2.33. The monoisotopic (exact) mass is 318 g/mol. The summed E-state index contributed by atoms with van der Waals surface area (Å²) in [6.07, 6.45) is 0.353. The smallest absolute Gasteiger partial charge is 0.303 e. The van der Waals surface area contributed by atoms with E-state index in [2.05, 4.69) is 0 Å². The minimum absolute atomic E-state index is 0.0443. The predicted molar refractivity (Wildman–Crippen MR) is 70.8 cm³/mol. The minimum atomic E-state index is -1.15. The Hall–Kier alpha value is -1.89. The summed E-state index contributed by atoms with van der Waals surface area (Å²) < 4.78 is 0. The predicted octanol–water partition coefficient (Wildman–Crippen LogP) is 1.35. The maximum absolute atomic E-state index is 11.3. The number of rotatable bonds is 7. The molecule has 0 aliphatic heterocycles. The van der Waals surface area contributed by atoms with Gasteiger partial charge < -0.3 is 15.3 Å². The summed E-state index contributed by atoms with van der Waals surface area (Å²) in [5.74, 6) is -5.44. The first-order valence-corrected chi connectivity index (χ1v) is 6.64. The van der Waals surface area contributed by atoms with Crippen molar-refractivity contribution in [3.05, 3.63) is 11.6 Å². The van der Waals surface area contributed by atoms with Crippen LogP contribution in [0.3, 0.4) is 0 Å². The highest BCUT2D eigenvalue weighted by atomic mass is 35.5. The summed E-state index contributed by atoms with van der Waals surface area (Å²) in [6.45, 7) is 0. The molecule has 0 amide bonds. The summed E-state index contributed by atoms with van der Waals surface area (Å²) in [5.41, 5.74) is 0.149. The molecule has 0 saturated heterocycles. The third-order valence-electron chi connectivity index (χ3n) is 3.56. The van der Waals surface area contributed by atoms with E-state index in [-0.39, 0.29) is 31.3 Å². The Morgan fingerprint density at radius 1 is 1.00 bits per heavy atom. The van der Waals surface area contributed by atoms with Crippen LogP contribution in [0.25, 0.3) is 0 Å². The van der Waals surface area contributed by atoms with Crippen LogP contribution >= 0.6 is 11.6 Å². The molecule has 116 valence electrons. The maximum Gasteiger partial charge on any atom is 0.303 e. The van der Waals surface area contributed by atoms with Crippen LogP contribution in [0.1, 0.15) is 25.7 Å². The number of aliphatic carboxylic acids is 3. The molecule has 1 aliphatic carbocycles. The highest BCUT2D eigenvalue weighted by Crippen LogP contribution is 2.40. The molecular weight excluding hydrogens is 304 g/mol. The first-order valence-electron chi connectivity index (χ1n) is 6.26. The Labute approximate surface area is 125 Å². The highest BCUT2D eigenvalue weighted by molar-refractivity contribution is 6.67. The molecule has 0 aromatic heterocycles. The second-order valence-corrected chi connectivity index (χ2v) is 5.39. The zero-order valence-electron chi connectivity index (χ0n) is 11.0. The quantitative estimate of drug-likeness (QED) is 0.604. The van der Waals surface area contributed by atoms with E-state index in [1.54, 1.807) is 0 Å². The average Bonchev–Trinajstić information content (AvgIpc) is 2.30. The Balaban J connectivity index is 3.12. The number of carboxylic acids is 3. The molecule has 0 fully saturated rings. The van der Waals surface area contributed by atoms with Crippen LogP contribution in [-0.2, 0) is 19.2 Å².